The minimum atomic E-state index is -0.450. The third kappa shape index (κ3) is 4.42. The summed E-state index contributed by atoms with van der Waals surface area (Å²) >= 11 is 1.68. The van der Waals surface area contributed by atoms with Crippen LogP contribution in [0.1, 0.15) is 33.2 Å². The van der Waals surface area contributed by atoms with Crippen molar-refractivity contribution in [3.63, 3.8) is 0 Å². The number of hydrogen-bond acceptors (Lipinski definition) is 4. The van der Waals surface area contributed by atoms with E-state index in [-0.39, 0.29) is 12.1 Å². The SMILES string of the molecule is COC(=O)c1cccc(NC(=O)N2Cc3ccccc3-n3cccc3[C@H]2c2ccc(SC)cc2)c1. The lowest BCUT2D eigenvalue weighted by atomic mass is 10.0. The zero-order valence-electron chi connectivity index (χ0n) is 19.5. The van der Waals surface area contributed by atoms with Gasteiger partial charge in [-0.3, -0.25) is 0 Å². The van der Waals surface area contributed by atoms with Crippen LogP contribution in [0.4, 0.5) is 10.5 Å². The fraction of sp³-hybridized carbons (Fsp3) is 0.143. The Hall–Kier alpha value is -3.97. The van der Waals surface area contributed by atoms with Gasteiger partial charge in [0, 0.05) is 22.5 Å². The van der Waals surface area contributed by atoms with Gasteiger partial charge in [-0.2, -0.15) is 0 Å². The Labute approximate surface area is 208 Å². The van der Waals surface area contributed by atoms with Gasteiger partial charge in [0.25, 0.3) is 0 Å². The number of fused-ring (bicyclic) bond motifs is 3. The van der Waals surface area contributed by atoms with E-state index in [9.17, 15) is 9.59 Å². The molecule has 4 aromatic rings. The number of carbonyl (C=O) groups is 2. The van der Waals surface area contributed by atoms with Gasteiger partial charge in [0.05, 0.1) is 30.9 Å². The first-order chi connectivity index (χ1) is 17.1. The van der Waals surface area contributed by atoms with E-state index in [0.717, 1.165) is 27.4 Å². The number of amides is 2. The number of benzene rings is 3. The molecule has 1 aliphatic rings. The maximum atomic E-state index is 13.8. The number of carbonyl (C=O) groups excluding carboxylic acids is 2. The van der Waals surface area contributed by atoms with Gasteiger partial charge < -0.3 is 19.5 Å². The van der Waals surface area contributed by atoms with Crippen LogP contribution in [0.2, 0.25) is 0 Å². The third-order valence-electron chi connectivity index (χ3n) is 6.19. The van der Waals surface area contributed by atoms with Crippen molar-refractivity contribution >= 4 is 29.4 Å². The molecular weight excluding hydrogens is 458 g/mol. The monoisotopic (exact) mass is 483 g/mol. The normalized spacial score (nSPS) is 14.5. The number of nitrogens with zero attached hydrogens (tertiary/aromatic N) is 2. The number of nitrogens with one attached hydrogen (secondary N) is 1. The smallest absolute Gasteiger partial charge is 0.337 e. The van der Waals surface area contributed by atoms with Crippen molar-refractivity contribution in [3.05, 3.63) is 114 Å². The summed E-state index contributed by atoms with van der Waals surface area (Å²) in [5, 5.41) is 3.00. The van der Waals surface area contributed by atoms with Crippen LogP contribution in [0.5, 0.6) is 0 Å². The van der Waals surface area contributed by atoms with Crippen LogP contribution < -0.4 is 5.32 Å². The molecule has 5 rings (SSSR count). The number of anilines is 1. The van der Waals surface area contributed by atoms with E-state index in [1.54, 1.807) is 36.0 Å². The number of urea groups is 1. The highest BCUT2D eigenvalue weighted by atomic mass is 32.2. The van der Waals surface area contributed by atoms with Gasteiger partial charge in [-0.25, -0.2) is 9.59 Å². The fourth-order valence-electron chi connectivity index (χ4n) is 4.51. The summed E-state index contributed by atoms with van der Waals surface area (Å²) in [5.74, 6) is -0.450. The van der Waals surface area contributed by atoms with Crippen molar-refractivity contribution < 1.29 is 14.3 Å². The van der Waals surface area contributed by atoms with Crippen molar-refractivity contribution in [3.8, 4) is 5.69 Å². The lowest BCUT2D eigenvalue weighted by molar-refractivity contribution is 0.0600. The predicted octanol–water partition coefficient (Wildman–Crippen LogP) is 6.12. The van der Waals surface area contributed by atoms with Crippen LogP contribution in [0.25, 0.3) is 5.69 Å². The van der Waals surface area contributed by atoms with Gasteiger partial charge in [-0.15, -0.1) is 11.8 Å². The van der Waals surface area contributed by atoms with Gasteiger partial charge >= 0.3 is 12.0 Å². The molecular formula is C28H25N3O3S. The molecule has 0 radical (unpaired) electrons. The van der Waals surface area contributed by atoms with E-state index in [1.165, 1.54) is 7.11 Å². The second kappa shape index (κ2) is 9.72. The van der Waals surface area contributed by atoms with Gasteiger partial charge in [-0.05, 0) is 65.9 Å². The van der Waals surface area contributed by atoms with Crippen LogP contribution in [-0.4, -0.2) is 34.8 Å². The highest BCUT2D eigenvalue weighted by Crippen LogP contribution is 2.37. The molecule has 0 aliphatic carbocycles. The maximum Gasteiger partial charge on any atom is 0.337 e. The summed E-state index contributed by atoms with van der Waals surface area (Å²) in [6.45, 7) is 0.426. The molecule has 6 nitrogen and oxygen atoms in total. The molecule has 0 saturated carbocycles. The van der Waals surface area contributed by atoms with E-state index in [1.807, 2.05) is 35.6 Å². The summed E-state index contributed by atoms with van der Waals surface area (Å²) < 4.78 is 6.99. The molecule has 35 heavy (non-hydrogen) atoms. The maximum absolute atomic E-state index is 13.8. The average molecular weight is 484 g/mol. The molecule has 1 atom stereocenters. The first kappa shape index (κ1) is 22.8. The number of esters is 1. The van der Waals surface area contributed by atoms with Crippen molar-refractivity contribution in [1.82, 2.24) is 9.47 Å². The average Bonchev–Trinajstić information content (AvgIpc) is 3.32. The highest BCUT2D eigenvalue weighted by Gasteiger charge is 2.33. The molecule has 2 amide bonds. The molecule has 0 bridgehead atoms. The summed E-state index contributed by atoms with van der Waals surface area (Å²) in [6, 6.07) is 26.8. The molecule has 0 unspecified atom stereocenters. The predicted molar refractivity (Wildman–Crippen MR) is 138 cm³/mol. The van der Waals surface area contributed by atoms with Crippen LogP contribution in [0.3, 0.4) is 0 Å². The minimum absolute atomic E-state index is 0.254. The highest BCUT2D eigenvalue weighted by molar-refractivity contribution is 7.98. The molecule has 1 N–H and O–H groups in total. The van der Waals surface area contributed by atoms with Crippen LogP contribution >= 0.6 is 11.8 Å². The van der Waals surface area contributed by atoms with Crippen molar-refractivity contribution in [2.75, 3.05) is 18.7 Å². The van der Waals surface area contributed by atoms with Crippen molar-refractivity contribution in [2.45, 2.75) is 17.5 Å². The zero-order chi connectivity index (χ0) is 24.4. The van der Waals surface area contributed by atoms with Crippen LogP contribution in [0.15, 0.2) is 96.0 Å². The second-order valence-electron chi connectivity index (χ2n) is 8.24. The Balaban J connectivity index is 1.58. The summed E-state index contributed by atoms with van der Waals surface area (Å²) in [5.41, 5.74) is 5.04. The topological polar surface area (TPSA) is 63.6 Å². The number of ether oxygens (including phenoxy) is 1. The molecule has 176 valence electrons. The lowest BCUT2D eigenvalue weighted by Gasteiger charge is -2.31. The van der Waals surface area contributed by atoms with Crippen LogP contribution in [0, 0.1) is 0 Å². The molecule has 0 fully saturated rings. The van der Waals surface area contributed by atoms with Crippen molar-refractivity contribution in [1.29, 1.82) is 0 Å². The Morgan fingerprint density at radius 3 is 2.54 bits per heavy atom. The number of thioether (sulfide) groups is 1. The molecule has 7 heteroatoms. The summed E-state index contributed by atoms with van der Waals surface area (Å²) in [7, 11) is 1.34. The second-order valence-corrected chi connectivity index (χ2v) is 9.12. The van der Waals surface area contributed by atoms with Gasteiger partial charge in [0.2, 0.25) is 0 Å². The molecule has 2 heterocycles. The fourth-order valence-corrected chi connectivity index (χ4v) is 4.92. The summed E-state index contributed by atoms with van der Waals surface area (Å²) in [6.07, 6.45) is 4.09. The van der Waals surface area contributed by atoms with Gasteiger partial charge in [0.1, 0.15) is 0 Å². The molecule has 1 aliphatic heterocycles. The first-order valence-electron chi connectivity index (χ1n) is 11.2. The van der Waals surface area contributed by atoms with E-state index >= 15 is 0 Å². The molecule has 0 spiro atoms. The molecule has 1 aromatic heterocycles. The number of para-hydroxylation sites is 1. The van der Waals surface area contributed by atoms with E-state index < -0.39 is 5.97 Å². The molecule has 0 saturated heterocycles. The zero-order valence-corrected chi connectivity index (χ0v) is 20.3. The number of hydrogen-bond donors (Lipinski definition) is 1. The Kier molecular flexibility index (Phi) is 6.33. The quantitative estimate of drug-likeness (QED) is 0.280. The Bertz CT molecular complexity index is 1380. The van der Waals surface area contributed by atoms with Crippen LogP contribution in [-0.2, 0) is 11.3 Å². The minimum Gasteiger partial charge on any atom is -0.465 e. The van der Waals surface area contributed by atoms with E-state index in [2.05, 4.69) is 52.3 Å². The lowest BCUT2D eigenvalue weighted by Crippen LogP contribution is -2.38. The number of aromatic nitrogens is 1. The van der Waals surface area contributed by atoms with Crippen molar-refractivity contribution in [2.24, 2.45) is 0 Å². The van der Waals surface area contributed by atoms with E-state index in [0.29, 0.717) is 17.8 Å². The van der Waals surface area contributed by atoms with Gasteiger partial charge in [0.15, 0.2) is 0 Å². The third-order valence-corrected chi connectivity index (χ3v) is 6.93. The first-order valence-corrected chi connectivity index (χ1v) is 12.5. The number of methoxy groups -OCH3 is 1. The largest absolute Gasteiger partial charge is 0.465 e. The Morgan fingerprint density at radius 1 is 0.971 bits per heavy atom. The number of rotatable bonds is 4. The van der Waals surface area contributed by atoms with E-state index in [4.69, 9.17) is 4.74 Å². The van der Waals surface area contributed by atoms with Gasteiger partial charge in [-0.1, -0.05) is 36.4 Å². The standard InChI is InChI=1S/C28H25N3O3S/c1-34-27(32)20-8-5-9-22(17-20)29-28(33)31-18-21-7-3-4-10-24(21)30-16-6-11-25(30)26(31)19-12-14-23(35-2)15-13-19/h3-17,26H,18H2,1-2H3,(H,29,33)/t26-/m1/s1. The summed E-state index contributed by atoms with van der Waals surface area (Å²) in [4.78, 5) is 28.8. The molecule has 3 aromatic carbocycles. The Morgan fingerprint density at radius 2 is 1.77 bits per heavy atom.